The Hall–Kier alpha value is -2.56. The Kier molecular flexibility index (Phi) is 3.25. The topological polar surface area (TPSA) is 53.1 Å². The Morgan fingerprint density at radius 3 is 2.81 bits per heavy atom. The first-order valence-electron chi connectivity index (χ1n) is 6.78. The number of nitrogens with zero attached hydrogens (tertiary/aromatic N) is 2. The Morgan fingerprint density at radius 2 is 2.10 bits per heavy atom. The number of nitrogen functional groups attached to an aromatic ring is 1. The molecule has 0 saturated carbocycles. The number of halogens is 1. The van der Waals surface area contributed by atoms with Crippen LogP contribution in [0.2, 0.25) is 0 Å². The van der Waals surface area contributed by atoms with Crippen LogP contribution >= 0.6 is 0 Å². The quantitative estimate of drug-likeness (QED) is 0.802. The molecule has 0 amide bonds. The molecule has 3 rings (SSSR count). The third-order valence-corrected chi connectivity index (χ3v) is 3.39. The fraction of sp³-hybridized carbons (Fsp3) is 0.188. The Bertz CT molecular complexity index is 811. The van der Waals surface area contributed by atoms with Gasteiger partial charge in [-0.15, -0.1) is 0 Å². The molecule has 1 aromatic heterocycles. The van der Waals surface area contributed by atoms with Crippen molar-refractivity contribution in [2.75, 3.05) is 12.3 Å². The fourth-order valence-electron chi connectivity index (χ4n) is 2.36. The Balaban J connectivity index is 2.25. The standard InChI is InChI=1S/C16H16FN3O/c1-3-21-14-6-4-5-13-15(14)19-16(18)20(13)11-8-7-10(2)12(17)9-11/h4-9H,3H2,1-2H3,(H2,18,19). The van der Waals surface area contributed by atoms with Gasteiger partial charge in [0, 0.05) is 0 Å². The number of nitrogens with two attached hydrogens (primary N) is 1. The van der Waals surface area contributed by atoms with Crippen molar-refractivity contribution in [3.8, 4) is 11.4 Å². The van der Waals surface area contributed by atoms with Gasteiger partial charge in [0.25, 0.3) is 0 Å². The van der Waals surface area contributed by atoms with Crippen molar-refractivity contribution in [3.63, 3.8) is 0 Å². The molecular formula is C16H16FN3O. The molecule has 0 aliphatic heterocycles. The molecule has 21 heavy (non-hydrogen) atoms. The minimum atomic E-state index is -0.269. The summed E-state index contributed by atoms with van der Waals surface area (Å²) in [5.74, 6) is 0.711. The molecule has 0 unspecified atom stereocenters. The highest BCUT2D eigenvalue weighted by Crippen LogP contribution is 2.30. The molecule has 5 heteroatoms. The van der Waals surface area contributed by atoms with Crippen LogP contribution in [0.3, 0.4) is 0 Å². The monoisotopic (exact) mass is 285 g/mol. The average Bonchev–Trinajstić information content (AvgIpc) is 2.80. The van der Waals surface area contributed by atoms with E-state index < -0.39 is 0 Å². The predicted molar refractivity (Wildman–Crippen MR) is 81.3 cm³/mol. The molecule has 2 N–H and O–H groups in total. The van der Waals surface area contributed by atoms with Crippen LogP contribution in [0.1, 0.15) is 12.5 Å². The van der Waals surface area contributed by atoms with Gasteiger partial charge in [0.2, 0.25) is 5.95 Å². The fourth-order valence-corrected chi connectivity index (χ4v) is 2.36. The first kappa shape index (κ1) is 13.4. The normalized spacial score (nSPS) is 11.0. The van der Waals surface area contributed by atoms with Gasteiger partial charge >= 0.3 is 0 Å². The number of anilines is 1. The highest BCUT2D eigenvalue weighted by molar-refractivity contribution is 5.86. The molecule has 0 atom stereocenters. The highest BCUT2D eigenvalue weighted by atomic mass is 19.1. The van der Waals surface area contributed by atoms with Crippen molar-refractivity contribution in [1.82, 2.24) is 9.55 Å². The van der Waals surface area contributed by atoms with E-state index in [1.165, 1.54) is 6.07 Å². The zero-order valence-corrected chi connectivity index (χ0v) is 11.9. The molecule has 2 aromatic carbocycles. The summed E-state index contributed by atoms with van der Waals surface area (Å²) in [6.45, 7) is 4.18. The zero-order valence-electron chi connectivity index (χ0n) is 11.9. The van der Waals surface area contributed by atoms with Gasteiger partial charge < -0.3 is 10.5 Å². The van der Waals surface area contributed by atoms with Crippen molar-refractivity contribution >= 4 is 17.0 Å². The van der Waals surface area contributed by atoms with Crippen molar-refractivity contribution in [1.29, 1.82) is 0 Å². The minimum absolute atomic E-state index is 0.269. The van der Waals surface area contributed by atoms with Crippen LogP contribution in [-0.4, -0.2) is 16.2 Å². The summed E-state index contributed by atoms with van der Waals surface area (Å²) in [5.41, 5.74) is 8.72. The summed E-state index contributed by atoms with van der Waals surface area (Å²) in [6.07, 6.45) is 0. The SMILES string of the molecule is CCOc1cccc2c1nc(N)n2-c1ccc(C)c(F)c1. The van der Waals surface area contributed by atoms with E-state index in [9.17, 15) is 4.39 Å². The molecule has 108 valence electrons. The Labute approximate surface area is 122 Å². The predicted octanol–water partition coefficient (Wildman–Crippen LogP) is 3.45. The molecule has 0 saturated heterocycles. The minimum Gasteiger partial charge on any atom is -0.492 e. The summed E-state index contributed by atoms with van der Waals surface area (Å²) in [5, 5.41) is 0. The molecule has 4 nitrogen and oxygen atoms in total. The first-order chi connectivity index (χ1) is 10.1. The highest BCUT2D eigenvalue weighted by Gasteiger charge is 2.14. The van der Waals surface area contributed by atoms with Crippen molar-refractivity contribution in [2.24, 2.45) is 0 Å². The van der Waals surface area contributed by atoms with Gasteiger partial charge in [0.05, 0.1) is 17.8 Å². The lowest BCUT2D eigenvalue weighted by atomic mass is 10.2. The van der Waals surface area contributed by atoms with Gasteiger partial charge in [0.1, 0.15) is 17.1 Å². The maximum atomic E-state index is 13.8. The van der Waals surface area contributed by atoms with E-state index in [1.807, 2.05) is 31.2 Å². The zero-order chi connectivity index (χ0) is 15.0. The number of benzene rings is 2. The molecule has 0 aliphatic carbocycles. The lowest BCUT2D eigenvalue weighted by Gasteiger charge is -2.08. The van der Waals surface area contributed by atoms with Crippen LogP contribution in [0.25, 0.3) is 16.7 Å². The first-order valence-corrected chi connectivity index (χ1v) is 6.78. The van der Waals surface area contributed by atoms with Gasteiger partial charge in [-0.05, 0) is 43.7 Å². The second-order valence-corrected chi connectivity index (χ2v) is 4.80. The third-order valence-electron chi connectivity index (χ3n) is 3.39. The molecule has 3 aromatic rings. The van der Waals surface area contributed by atoms with E-state index in [1.54, 1.807) is 17.6 Å². The van der Waals surface area contributed by atoms with Crippen LogP contribution < -0.4 is 10.5 Å². The summed E-state index contributed by atoms with van der Waals surface area (Å²) in [7, 11) is 0. The third kappa shape index (κ3) is 2.20. The molecule has 0 fully saturated rings. The summed E-state index contributed by atoms with van der Waals surface area (Å²) in [4.78, 5) is 4.35. The number of aryl methyl sites for hydroxylation is 1. The number of hydrogen-bond acceptors (Lipinski definition) is 3. The summed E-state index contributed by atoms with van der Waals surface area (Å²) < 4.78 is 21.1. The molecular weight excluding hydrogens is 269 g/mol. The van der Waals surface area contributed by atoms with Crippen LogP contribution in [0.15, 0.2) is 36.4 Å². The molecule has 0 aliphatic rings. The number of hydrogen-bond donors (Lipinski definition) is 1. The molecule has 0 bridgehead atoms. The van der Waals surface area contributed by atoms with Gasteiger partial charge in [-0.3, -0.25) is 4.57 Å². The van der Waals surface area contributed by atoms with Gasteiger partial charge in [-0.25, -0.2) is 9.37 Å². The molecule has 1 heterocycles. The van der Waals surface area contributed by atoms with E-state index in [-0.39, 0.29) is 5.82 Å². The maximum Gasteiger partial charge on any atom is 0.206 e. The second kappa shape index (κ2) is 5.09. The van der Waals surface area contributed by atoms with Gasteiger partial charge in [-0.2, -0.15) is 0 Å². The molecule has 0 radical (unpaired) electrons. The maximum absolute atomic E-state index is 13.8. The van der Waals surface area contributed by atoms with Crippen LogP contribution in [0.4, 0.5) is 10.3 Å². The average molecular weight is 285 g/mol. The smallest absolute Gasteiger partial charge is 0.206 e. The number of fused-ring (bicyclic) bond motifs is 1. The van der Waals surface area contributed by atoms with E-state index in [0.717, 1.165) is 5.52 Å². The van der Waals surface area contributed by atoms with E-state index in [0.29, 0.717) is 35.1 Å². The van der Waals surface area contributed by atoms with Crippen LogP contribution in [0, 0.1) is 12.7 Å². The van der Waals surface area contributed by atoms with Gasteiger partial charge in [-0.1, -0.05) is 12.1 Å². The Morgan fingerprint density at radius 1 is 1.29 bits per heavy atom. The number of para-hydroxylation sites is 1. The van der Waals surface area contributed by atoms with Gasteiger partial charge in [0.15, 0.2) is 0 Å². The number of aromatic nitrogens is 2. The number of ether oxygens (including phenoxy) is 1. The summed E-state index contributed by atoms with van der Waals surface area (Å²) in [6, 6.07) is 10.6. The van der Waals surface area contributed by atoms with E-state index in [2.05, 4.69) is 4.98 Å². The number of rotatable bonds is 3. The van der Waals surface area contributed by atoms with E-state index >= 15 is 0 Å². The second-order valence-electron chi connectivity index (χ2n) is 4.80. The molecule has 0 spiro atoms. The lowest BCUT2D eigenvalue weighted by Crippen LogP contribution is -2.01. The number of imidazole rings is 1. The summed E-state index contributed by atoms with van der Waals surface area (Å²) >= 11 is 0. The van der Waals surface area contributed by atoms with Crippen molar-refractivity contribution in [2.45, 2.75) is 13.8 Å². The lowest BCUT2D eigenvalue weighted by molar-refractivity contribution is 0.344. The van der Waals surface area contributed by atoms with Crippen molar-refractivity contribution < 1.29 is 9.13 Å². The van der Waals surface area contributed by atoms with Crippen LogP contribution in [0.5, 0.6) is 5.75 Å². The van der Waals surface area contributed by atoms with Crippen LogP contribution in [-0.2, 0) is 0 Å². The van der Waals surface area contributed by atoms with Crippen molar-refractivity contribution in [3.05, 3.63) is 47.8 Å². The van der Waals surface area contributed by atoms with E-state index in [4.69, 9.17) is 10.5 Å². The largest absolute Gasteiger partial charge is 0.492 e.